The Morgan fingerprint density at radius 2 is 1.83 bits per heavy atom. The second-order valence-corrected chi connectivity index (χ2v) is 12.9. The Balaban J connectivity index is 1.51. The second kappa shape index (κ2) is 14.9. The van der Waals surface area contributed by atoms with Crippen LogP contribution in [0.5, 0.6) is 0 Å². The highest BCUT2D eigenvalue weighted by Crippen LogP contribution is 2.37. The van der Waals surface area contributed by atoms with E-state index in [4.69, 9.17) is 11.6 Å². The first-order valence-electron chi connectivity index (χ1n) is 16.1. The molecule has 9 nitrogen and oxygen atoms in total. The molecule has 11 heteroatoms. The third-order valence-electron chi connectivity index (χ3n) is 7.73. The lowest BCUT2D eigenvalue weighted by Crippen LogP contribution is -2.41. The number of β-amino-alcohol motifs (C(OH)–C–C–N with tert-alkyl or cyclic N) is 1. The van der Waals surface area contributed by atoms with Crippen LogP contribution in [-0.4, -0.2) is 43.3 Å². The maximum Gasteiger partial charge on any atom is 0.123 e. The summed E-state index contributed by atoms with van der Waals surface area (Å²) in [7, 11) is 0. The molecular weight excluding hydrogens is 615 g/mol. The molecule has 0 aliphatic rings. The number of aliphatic hydroxyl groups is 1. The molecule has 5 rings (SSSR count). The van der Waals surface area contributed by atoms with Gasteiger partial charge in [0.05, 0.1) is 47.5 Å². The molecule has 5 aromatic rings. The minimum absolute atomic E-state index is 0.0911. The Morgan fingerprint density at radius 3 is 2.51 bits per heavy atom. The van der Waals surface area contributed by atoms with E-state index in [9.17, 15) is 16.1 Å². The average Bonchev–Trinajstić information content (AvgIpc) is 3.55. The van der Waals surface area contributed by atoms with Gasteiger partial charge in [-0.15, -0.1) is 5.10 Å². The third kappa shape index (κ3) is 8.63. The smallest absolute Gasteiger partial charge is 0.123 e. The molecule has 0 saturated heterocycles. The van der Waals surface area contributed by atoms with Gasteiger partial charge in [-0.2, -0.15) is 5.26 Å². The van der Waals surface area contributed by atoms with Gasteiger partial charge < -0.3 is 21.1 Å². The van der Waals surface area contributed by atoms with Gasteiger partial charge >= 0.3 is 0 Å². The fraction of sp³-hybridized carbons (Fsp3) is 0.333. The molecule has 0 saturated carbocycles. The van der Waals surface area contributed by atoms with Crippen molar-refractivity contribution >= 4 is 33.9 Å². The quantitative estimate of drug-likeness (QED) is 0.104. The van der Waals surface area contributed by atoms with Crippen LogP contribution in [0, 0.1) is 17.1 Å². The van der Waals surface area contributed by atoms with Crippen LogP contribution >= 0.6 is 11.6 Å². The number of aliphatic hydroxyl groups excluding tert-OH is 1. The molecule has 47 heavy (non-hydrogen) atoms. The number of anilines is 2. The highest BCUT2D eigenvalue weighted by atomic mass is 35.5. The molecule has 0 spiro atoms. The first-order chi connectivity index (χ1) is 22.9. The first kappa shape index (κ1) is 32.4. The minimum atomic E-state index is -1.72. The monoisotopic (exact) mass is 655 g/mol. The molecule has 3 aromatic carbocycles. The normalized spacial score (nSPS) is 14.6. The summed E-state index contributed by atoms with van der Waals surface area (Å²) in [5.41, 5.74) is 3.49. The van der Waals surface area contributed by atoms with Crippen LogP contribution in [0.25, 0.3) is 10.9 Å². The molecule has 0 aliphatic carbocycles. The fourth-order valence-corrected chi connectivity index (χ4v) is 5.50. The maximum absolute atomic E-state index is 14.0. The second-order valence-electron chi connectivity index (χ2n) is 12.5. The number of hydrogen-bond acceptors (Lipinski definition) is 8. The van der Waals surface area contributed by atoms with Crippen LogP contribution in [0.3, 0.4) is 0 Å². The number of rotatable bonds is 13. The summed E-state index contributed by atoms with van der Waals surface area (Å²) in [5, 5.41) is 40.1. The van der Waals surface area contributed by atoms with Crippen molar-refractivity contribution in [2.45, 2.75) is 70.8 Å². The number of nitrogens with zero attached hydrogens (tertiary/aromatic N) is 5. The zero-order chi connectivity index (χ0) is 34.5. The predicted octanol–water partition coefficient (Wildman–Crippen LogP) is 7.39. The van der Waals surface area contributed by atoms with Crippen LogP contribution in [0.1, 0.15) is 76.4 Å². The van der Waals surface area contributed by atoms with Crippen LogP contribution < -0.4 is 16.0 Å². The summed E-state index contributed by atoms with van der Waals surface area (Å²) in [5.74, 6) is -0.439. The maximum atomic E-state index is 14.0. The zero-order valence-electron chi connectivity index (χ0n) is 27.9. The molecule has 3 atom stereocenters. The topological polar surface area (TPSA) is 124 Å². The van der Waals surface area contributed by atoms with Crippen molar-refractivity contribution in [1.82, 2.24) is 25.3 Å². The number of nitriles is 1. The number of fused-ring (bicyclic) bond motifs is 1. The van der Waals surface area contributed by atoms with Crippen molar-refractivity contribution in [2.24, 2.45) is 0 Å². The zero-order valence-corrected chi connectivity index (χ0v) is 27.7. The molecule has 2 aromatic heterocycles. The van der Waals surface area contributed by atoms with Crippen molar-refractivity contribution in [3.63, 3.8) is 0 Å². The summed E-state index contributed by atoms with van der Waals surface area (Å²) < 4.78 is 25.3. The van der Waals surface area contributed by atoms with E-state index < -0.39 is 17.9 Å². The van der Waals surface area contributed by atoms with Gasteiger partial charge in [0.1, 0.15) is 17.6 Å². The molecule has 0 amide bonds. The van der Waals surface area contributed by atoms with E-state index in [0.717, 1.165) is 12.0 Å². The number of aryl methyl sites for hydroxylation is 1. The number of pyridine rings is 1. The molecular formula is C36H40ClFN8O. The van der Waals surface area contributed by atoms with Gasteiger partial charge in [-0.3, -0.25) is 9.67 Å². The molecule has 0 bridgehead atoms. The van der Waals surface area contributed by atoms with E-state index in [1.807, 2.05) is 51.1 Å². The van der Waals surface area contributed by atoms with Gasteiger partial charge in [0.25, 0.3) is 0 Å². The molecule has 0 fully saturated rings. The van der Waals surface area contributed by atoms with Gasteiger partial charge in [0.15, 0.2) is 0 Å². The molecule has 244 valence electrons. The van der Waals surface area contributed by atoms with Gasteiger partial charge in [0.2, 0.25) is 0 Å². The Hall–Kier alpha value is -4.56. The van der Waals surface area contributed by atoms with E-state index >= 15 is 0 Å². The molecule has 1 unspecified atom stereocenters. The van der Waals surface area contributed by atoms with Crippen molar-refractivity contribution in [2.75, 3.05) is 17.2 Å². The van der Waals surface area contributed by atoms with Crippen LogP contribution in [0.4, 0.5) is 15.8 Å². The SMILES string of the molecule is [2H][C@](Nc1cc(Cl)c2ncc(C#N)c(N[C@H](CC)c3ccccc3)c2c1)(c1ccc(F)cc1)c1cn(CCC(O)CNC(C)(C)C)nn1. The highest BCUT2D eigenvalue weighted by Gasteiger charge is 2.22. The molecule has 2 heterocycles. The predicted molar refractivity (Wildman–Crippen MR) is 185 cm³/mol. The Labute approximate surface area is 281 Å². The number of hydrogen-bond donors (Lipinski definition) is 4. The van der Waals surface area contributed by atoms with Crippen LogP contribution in [-0.2, 0) is 6.54 Å². The summed E-state index contributed by atoms with van der Waals surface area (Å²) in [6, 6.07) is 19.5. The minimum Gasteiger partial charge on any atom is -0.392 e. The van der Waals surface area contributed by atoms with Gasteiger partial charge in [0, 0.05) is 35.9 Å². The van der Waals surface area contributed by atoms with E-state index in [0.29, 0.717) is 57.9 Å². The number of nitrogens with one attached hydrogen (secondary N) is 3. The highest BCUT2D eigenvalue weighted by molar-refractivity contribution is 6.35. The van der Waals surface area contributed by atoms with E-state index in [1.54, 1.807) is 23.0 Å². The largest absolute Gasteiger partial charge is 0.392 e. The first-order valence-corrected chi connectivity index (χ1v) is 16.0. The van der Waals surface area contributed by atoms with Crippen molar-refractivity contribution in [3.05, 3.63) is 112 Å². The standard InChI is InChI=1S/C36H40ClFN8O/c1-5-31(23-9-7-6-8-10-23)43-33-25(19-39)20-40-35-29(33)17-27(18-30(35)37)42-34(24-11-13-26(38)14-12-24)32-22-46(45-44-32)16-15-28(47)21-41-36(2,3)4/h6-14,17-18,20,22,28,31,34,41-42,47H,5,15-16,21H2,1-4H3,(H,40,43)/t28?,31-,34+/m1/s1/i34D. The van der Waals surface area contributed by atoms with E-state index in [1.165, 1.54) is 30.5 Å². The van der Waals surface area contributed by atoms with Gasteiger partial charge in [-0.1, -0.05) is 66.2 Å². The summed E-state index contributed by atoms with van der Waals surface area (Å²) >= 11 is 6.80. The lowest BCUT2D eigenvalue weighted by atomic mass is 10.0. The molecule has 0 radical (unpaired) electrons. The lowest BCUT2D eigenvalue weighted by molar-refractivity contribution is 0.144. The third-order valence-corrected chi connectivity index (χ3v) is 8.02. The van der Waals surface area contributed by atoms with Crippen LogP contribution in [0.15, 0.2) is 79.1 Å². The number of aromatic nitrogens is 4. The summed E-state index contributed by atoms with van der Waals surface area (Å²) in [4.78, 5) is 4.48. The lowest BCUT2D eigenvalue weighted by Gasteiger charge is -2.23. The summed E-state index contributed by atoms with van der Waals surface area (Å²) in [6.07, 6.45) is 3.72. The summed E-state index contributed by atoms with van der Waals surface area (Å²) in [6.45, 7) is 8.96. The Bertz CT molecular complexity index is 1890. The van der Waals surface area contributed by atoms with Crippen molar-refractivity contribution in [1.29, 1.82) is 5.26 Å². The average molecular weight is 656 g/mol. The Morgan fingerprint density at radius 1 is 1.09 bits per heavy atom. The van der Waals surface area contributed by atoms with E-state index in [-0.39, 0.29) is 17.3 Å². The van der Waals surface area contributed by atoms with Gasteiger partial charge in [-0.05, 0) is 69.0 Å². The van der Waals surface area contributed by atoms with Crippen molar-refractivity contribution < 1.29 is 10.9 Å². The molecule has 0 aliphatic heterocycles. The van der Waals surface area contributed by atoms with Gasteiger partial charge in [-0.25, -0.2) is 4.39 Å². The van der Waals surface area contributed by atoms with E-state index in [2.05, 4.69) is 44.2 Å². The number of halogens is 2. The van der Waals surface area contributed by atoms with Crippen LogP contribution in [0.2, 0.25) is 5.02 Å². The Kier molecular flexibility index (Phi) is 10.3. The van der Waals surface area contributed by atoms with Crippen molar-refractivity contribution in [3.8, 4) is 6.07 Å². The molecule has 4 N–H and O–H groups in total. The number of benzene rings is 3. The fourth-order valence-electron chi connectivity index (χ4n) is 5.23.